The van der Waals surface area contributed by atoms with Gasteiger partial charge in [-0.1, -0.05) is 57.4 Å². The molecule has 0 bridgehead atoms. The van der Waals surface area contributed by atoms with Crippen LogP contribution in [0.25, 0.3) is 0 Å². The molecule has 0 heterocycles. The lowest BCUT2D eigenvalue weighted by atomic mass is 9.69. The average molecular weight is 287 g/mol. The third kappa shape index (κ3) is 4.32. The normalized spacial score (nSPS) is 26.3. The number of aryl methyl sites for hydroxylation is 2. The lowest BCUT2D eigenvalue weighted by molar-refractivity contribution is 0.222. The minimum atomic E-state index is 0.591. The van der Waals surface area contributed by atoms with Crippen LogP contribution in [0.4, 0.5) is 0 Å². The van der Waals surface area contributed by atoms with Crippen molar-refractivity contribution in [3.8, 4) is 0 Å². The van der Waals surface area contributed by atoms with Gasteiger partial charge >= 0.3 is 0 Å². The third-order valence-corrected chi connectivity index (χ3v) is 5.30. The number of benzene rings is 1. The van der Waals surface area contributed by atoms with E-state index in [1.54, 1.807) is 5.56 Å². The molecule has 1 aliphatic rings. The van der Waals surface area contributed by atoms with E-state index in [4.69, 9.17) is 0 Å². The van der Waals surface area contributed by atoms with Crippen molar-refractivity contribution in [1.82, 2.24) is 5.32 Å². The molecule has 2 rings (SSSR count). The number of rotatable bonds is 5. The molecule has 3 unspecified atom stereocenters. The number of nitrogens with one attached hydrogen (secondary N) is 1. The van der Waals surface area contributed by atoms with Gasteiger partial charge in [-0.3, -0.25) is 0 Å². The Hall–Kier alpha value is -0.820. The van der Waals surface area contributed by atoms with Crippen LogP contribution in [-0.4, -0.2) is 12.6 Å². The zero-order chi connectivity index (χ0) is 15.4. The van der Waals surface area contributed by atoms with Gasteiger partial charge in [0.05, 0.1) is 0 Å². The molecule has 0 amide bonds. The first kappa shape index (κ1) is 16.5. The van der Waals surface area contributed by atoms with Crippen LogP contribution >= 0.6 is 0 Å². The average Bonchev–Trinajstić information content (AvgIpc) is 2.47. The standard InChI is InChI=1S/C20H33N/c1-6-17-9-10-18(13-21-14(2)3)20(12-17)19-11-15(4)7-8-16(19)5/h7-8,11,14,17-18,20-21H,6,9-10,12-13H2,1-5H3. The molecule has 0 radical (unpaired) electrons. The molecule has 21 heavy (non-hydrogen) atoms. The Morgan fingerprint density at radius 1 is 1.19 bits per heavy atom. The van der Waals surface area contributed by atoms with Gasteiger partial charge in [0, 0.05) is 6.04 Å². The molecular formula is C20H33N. The molecule has 3 atom stereocenters. The second kappa shape index (κ2) is 7.45. The van der Waals surface area contributed by atoms with Crippen molar-refractivity contribution < 1.29 is 0 Å². The minimum absolute atomic E-state index is 0.591. The van der Waals surface area contributed by atoms with E-state index in [1.807, 2.05) is 0 Å². The summed E-state index contributed by atoms with van der Waals surface area (Å²) in [7, 11) is 0. The molecule has 0 saturated heterocycles. The maximum atomic E-state index is 3.68. The lowest BCUT2D eigenvalue weighted by Gasteiger charge is -2.37. The second-order valence-corrected chi connectivity index (χ2v) is 7.38. The van der Waals surface area contributed by atoms with E-state index in [0.29, 0.717) is 6.04 Å². The molecule has 1 aromatic carbocycles. The van der Waals surface area contributed by atoms with Gasteiger partial charge in [0.25, 0.3) is 0 Å². The van der Waals surface area contributed by atoms with Gasteiger partial charge in [-0.15, -0.1) is 0 Å². The molecule has 1 heteroatoms. The number of hydrogen-bond acceptors (Lipinski definition) is 1. The van der Waals surface area contributed by atoms with Crippen molar-refractivity contribution in [2.75, 3.05) is 6.54 Å². The summed E-state index contributed by atoms with van der Waals surface area (Å²) in [4.78, 5) is 0. The molecule has 1 aromatic rings. The molecule has 0 spiro atoms. The lowest BCUT2D eigenvalue weighted by Crippen LogP contribution is -2.35. The third-order valence-electron chi connectivity index (χ3n) is 5.30. The first-order valence-electron chi connectivity index (χ1n) is 8.81. The topological polar surface area (TPSA) is 12.0 Å². The fraction of sp³-hybridized carbons (Fsp3) is 0.700. The largest absolute Gasteiger partial charge is 0.314 e. The number of hydrogen-bond donors (Lipinski definition) is 1. The van der Waals surface area contributed by atoms with Crippen LogP contribution in [0.2, 0.25) is 0 Å². The van der Waals surface area contributed by atoms with Crippen LogP contribution in [0.1, 0.15) is 69.1 Å². The molecule has 0 aliphatic heterocycles. The Bertz CT molecular complexity index is 449. The van der Waals surface area contributed by atoms with Crippen molar-refractivity contribution in [2.45, 2.75) is 72.3 Å². The van der Waals surface area contributed by atoms with E-state index < -0.39 is 0 Å². The predicted molar refractivity (Wildman–Crippen MR) is 92.9 cm³/mol. The van der Waals surface area contributed by atoms with Crippen molar-refractivity contribution in [1.29, 1.82) is 0 Å². The Morgan fingerprint density at radius 2 is 1.95 bits per heavy atom. The highest BCUT2D eigenvalue weighted by atomic mass is 14.9. The van der Waals surface area contributed by atoms with Gasteiger partial charge in [0.2, 0.25) is 0 Å². The quantitative estimate of drug-likeness (QED) is 0.783. The van der Waals surface area contributed by atoms with E-state index in [2.05, 4.69) is 58.1 Å². The van der Waals surface area contributed by atoms with Crippen molar-refractivity contribution in [2.24, 2.45) is 11.8 Å². The van der Waals surface area contributed by atoms with Crippen LogP contribution in [0, 0.1) is 25.7 Å². The molecular weight excluding hydrogens is 254 g/mol. The van der Waals surface area contributed by atoms with E-state index >= 15 is 0 Å². The first-order chi connectivity index (χ1) is 10.0. The smallest absolute Gasteiger partial charge is 0.00104 e. The van der Waals surface area contributed by atoms with Gasteiger partial charge in [0.1, 0.15) is 0 Å². The Kier molecular flexibility index (Phi) is 5.87. The summed E-state index contributed by atoms with van der Waals surface area (Å²) in [6, 6.07) is 7.60. The summed E-state index contributed by atoms with van der Waals surface area (Å²) in [5, 5.41) is 3.68. The van der Waals surface area contributed by atoms with Crippen LogP contribution in [-0.2, 0) is 0 Å². The Morgan fingerprint density at radius 3 is 2.62 bits per heavy atom. The van der Waals surface area contributed by atoms with E-state index in [-0.39, 0.29) is 0 Å². The summed E-state index contributed by atoms with van der Waals surface area (Å²) in [5.74, 6) is 2.47. The highest BCUT2D eigenvalue weighted by molar-refractivity contribution is 5.34. The monoisotopic (exact) mass is 287 g/mol. The summed E-state index contributed by atoms with van der Waals surface area (Å²) in [6.45, 7) is 12.6. The van der Waals surface area contributed by atoms with E-state index in [0.717, 1.165) is 17.8 Å². The molecule has 0 aromatic heterocycles. The first-order valence-corrected chi connectivity index (χ1v) is 8.81. The van der Waals surface area contributed by atoms with Crippen LogP contribution in [0.3, 0.4) is 0 Å². The second-order valence-electron chi connectivity index (χ2n) is 7.38. The summed E-state index contributed by atoms with van der Waals surface area (Å²) in [6.07, 6.45) is 5.52. The molecule has 1 aliphatic carbocycles. The fourth-order valence-corrected chi connectivity index (χ4v) is 3.86. The highest BCUT2D eigenvalue weighted by Crippen LogP contribution is 2.42. The van der Waals surface area contributed by atoms with Crippen LogP contribution < -0.4 is 5.32 Å². The maximum absolute atomic E-state index is 3.68. The SMILES string of the molecule is CCC1CCC(CNC(C)C)C(c2cc(C)ccc2C)C1. The summed E-state index contributed by atoms with van der Waals surface area (Å²) >= 11 is 0. The van der Waals surface area contributed by atoms with Gasteiger partial charge in [-0.05, 0) is 62.1 Å². The highest BCUT2D eigenvalue weighted by Gasteiger charge is 2.31. The Balaban J connectivity index is 2.21. The minimum Gasteiger partial charge on any atom is -0.314 e. The zero-order valence-electron chi connectivity index (χ0n) is 14.6. The molecule has 1 fully saturated rings. The van der Waals surface area contributed by atoms with Gasteiger partial charge in [0.15, 0.2) is 0 Å². The van der Waals surface area contributed by atoms with E-state index in [1.165, 1.54) is 43.4 Å². The maximum Gasteiger partial charge on any atom is 0.00104 e. The fourth-order valence-electron chi connectivity index (χ4n) is 3.86. The summed E-state index contributed by atoms with van der Waals surface area (Å²) < 4.78 is 0. The van der Waals surface area contributed by atoms with Crippen molar-refractivity contribution in [3.05, 3.63) is 34.9 Å². The van der Waals surface area contributed by atoms with Crippen LogP contribution in [0.5, 0.6) is 0 Å². The summed E-state index contributed by atoms with van der Waals surface area (Å²) in [5.41, 5.74) is 4.50. The van der Waals surface area contributed by atoms with Gasteiger partial charge in [-0.2, -0.15) is 0 Å². The van der Waals surface area contributed by atoms with Gasteiger partial charge < -0.3 is 5.32 Å². The molecule has 1 N–H and O–H groups in total. The predicted octanol–water partition coefficient (Wildman–Crippen LogP) is 5.21. The van der Waals surface area contributed by atoms with Crippen molar-refractivity contribution >= 4 is 0 Å². The zero-order valence-corrected chi connectivity index (χ0v) is 14.6. The molecule has 1 saturated carbocycles. The van der Waals surface area contributed by atoms with Crippen molar-refractivity contribution in [3.63, 3.8) is 0 Å². The molecule has 118 valence electrons. The van der Waals surface area contributed by atoms with Crippen LogP contribution in [0.15, 0.2) is 18.2 Å². The van der Waals surface area contributed by atoms with Gasteiger partial charge in [-0.25, -0.2) is 0 Å². The van der Waals surface area contributed by atoms with E-state index in [9.17, 15) is 0 Å². The molecule has 1 nitrogen and oxygen atoms in total. The Labute approximate surface area is 131 Å².